The van der Waals surface area contributed by atoms with Crippen molar-refractivity contribution in [2.24, 2.45) is 7.05 Å². The van der Waals surface area contributed by atoms with Crippen molar-refractivity contribution in [3.8, 4) is 5.75 Å². The quantitative estimate of drug-likeness (QED) is 0.832. The predicted octanol–water partition coefficient (Wildman–Crippen LogP) is 3.73. The SMILES string of the molecule is Cn1cc2c(Br)ccc(OC3CN(C4CCCCC4)C3)c2n1. The van der Waals surface area contributed by atoms with E-state index < -0.39 is 0 Å². The number of aryl methyl sites for hydroxylation is 1. The van der Waals surface area contributed by atoms with E-state index in [1.807, 2.05) is 24.0 Å². The van der Waals surface area contributed by atoms with Crippen molar-refractivity contribution >= 4 is 26.8 Å². The molecule has 2 fully saturated rings. The normalized spacial score (nSPS) is 21.2. The number of ether oxygens (including phenoxy) is 1. The van der Waals surface area contributed by atoms with Gasteiger partial charge in [-0.2, -0.15) is 5.10 Å². The average molecular weight is 364 g/mol. The van der Waals surface area contributed by atoms with E-state index in [-0.39, 0.29) is 0 Å². The van der Waals surface area contributed by atoms with Crippen LogP contribution in [0.2, 0.25) is 0 Å². The van der Waals surface area contributed by atoms with Crippen molar-refractivity contribution in [3.05, 3.63) is 22.8 Å². The van der Waals surface area contributed by atoms with Gasteiger partial charge in [-0.3, -0.25) is 9.58 Å². The lowest BCUT2D eigenvalue weighted by atomic mass is 9.92. The van der Waals surface area contributed by atoms with Gasteiger partial charge in [0.2, 0.25) is 0 Å². The fourth-order valence-electron chi connectivity index (χ4n) is 3.73. The number of nitrogens with zero attached hydrogens (tertiary/aromatic N) is 3. The van der Waals surface area contributed by atoms with Gasteiger partial charge in [-0.05, 0) is 25.0 Å². The fraction of sp³-hybridized carbons (Fsp3) is 0.588. The molecule has 0 N–H and O–H groups in total. The molecule has 0 unspecified atom stereocenters. The summed E-state index contributed by atoms with van der Waals surface area (Å²) in [4.78, 5) is 2.60. The Bertz CT molecular complexity index is 672. The molecule has 1 aliphatic heterocycles. The van der Waals surface area contributed by atoms with E-state index in [0.29, 0.717) is 6.10 Å². The van der Waals surface area contributed by atoms with Gasteiger partial charge in [0.05, 0.1) is 0 Å². The largest absolute Gasteiger partial charge is 0.485 e. The maximum Gasteiger partial charge on any atom is 0.148 e. The van der Waals surface area contributed by atoms with Crippen LogP contribution in [0.5, 0.6) is 5.75 Å². The molecule has 2 aliphatic rings. The lowest BCUT2D eigenvalue weighted by molar-refractivity contribution is -0.0181. The smallest absolute Gasteiger partial charge is 0.148 e. The molecule has 1 aromatic carbocycles. The highest BCUT2D eigenvalue weighted by Gasteiger charge is 2.34. The Labute approximate surface area is 139 Å². The third-order valence-electron chi connectivity index (χ3n) is 4.96. The number of hydrogen-bond acceptors (Lipinski definition) is 3. The number of fused-ring (bicyclic) bond motifs is 1. The van der Waals surface area contributed by atoms with Gasteiger partial charge in [-0.25, -0.2) is 0 Å². The Hall–Kier alpha value is -1.07. The number of rotatable bonds is 3. The maximum atomic E-state index is 6.21. The van der Waals surface area contributed by atoms with Crippen molar-refractivity contribution < 1.29 is 4.74 Å². The van der Waals surface area contributed by atoms with Crippen LogP contribution in [-0.4, -0.2) is 39.9 Å². The second kappa shape index (κ2) is 5.85. The molecule has 0 atom stereocenters. The summed E-state index contributed by atoms with van der Waals surface area (Å²) in [5.74, 6) is 0.909. The van der Waals surface area contributed by atoms with E-state index in [4.69, 9.17) is 4.74 Å². The van der Waals surface area contributed by atoms with Crippen LogP contribution in [0.3, 0.4) is 0 Å². The van der Waals surface area contributed by atoms with E-state index in [0.717, 1.165) is 40.3 Å². The molecule has 0 bridgehead atoms. The molecular formula is C17H22BrN3O. The first-order valence-corrected chi connectivity index (χ1v) is 9.02. The Morgan fingerprint density at radius 1 is 1.18 bits per heavy atom. The lowest BCUT2D eigenvalue weighted by Crippen LogP contribution is -2.58. The van der Waals surface area contributed by atoms with Crippen LogP contribution in [0.25, 0.3) is 10.9 Å². The Morgan fingerprint density at radius 2 is 1.95 bits per heavy atom. The van der Waals surface area contributed by atoms with E-state index in [1.54, 1.807) is 0 Å². The van der Waals surface area contributed by atoms with Gasteiger partial charge in [0.25, 0.3) is 0 Å². The molecule has 1 saturated heterocycles. The van der Waals surface area contributed by atoms with Gasteiger partial charge in [0, 0.05) is 42.2 Å². The second-order valence-electron chi connectivity index (χ2n) is 6.60. The number of hydrogen-bond donors (Lipinski definition) is 0. The minimum atomic E-state index is 0.313. The van der Waals surface area contributed by atoms with Crippen LogP contribution in [0, 0.1) is 0 Å². The zero-order valence-electron chi connectivity index (χ0n) is 13.0. The fourth-order valence-corrected chi connectivity index (χ4v) is 4.15. The van der Waals surface area contributed by atoms with Crippen molar-refractivity contribution in [2.45, 2.75) is 44.2 Å². The minimum absolute atomic E-state index is 0.313. The number of aromatic nitrogens is 2. The standard InChI is InChI=1S/C17H22BrN3O/c1-20-11-14-15(18)7-8-16(17(14)19-20)22-13-9-21(10-13)12-5-3-2-4-6-12/h7-8,11-13H,2-6,9-10H2,1H3. The zero-order chi connectivity index (χ0) is 15.1. The number of halogens is 1. The minimum Gasteiger partial charge on any atom is -0.485 e. The van der Waals surface area contributed by atoms with Crippen LogP contribution < -0.4 is 4.74 Å². The zero-order valence-corrected chi connectivity index (χ0v) is 14.6. The molecule has 0 spiro atoms. The molecule has 22 heavy (non-hydrogen) atoms. The summed E-state index contributed by atoms with van der Waals surface area (Å²) in [6.07, 6.45) is 9.29. The van der Waals surface area contributed by atoms with Crippen LogP contribution in [-0.2, 0) is 7.05 Å². The van der Waals surface area contributed by atoms with E-state index >= 15 is 0 Å². The lowest BCUT2D eigenvalue weighted by Gasteiger charge is -2.45. The molecule has 1 aliphatic carbocycles. The monoisotopic (exact) mass is 363 g/mol. The number of likely N-dealkylation sites (tertiary alicyclic amines) is 1. The molecule has 2 heterocycles. The van der Waals surface area contributed by atoms with Gasteiger partial charge < -0.3 is 4.74 Å². The second-order valence-corrected chi connectivity index (χ2v) is 7.45. The Balaban J connectivity index is 1.43. The van der Waals surface area contributed by atoms with Gasteiger partial charge in [0.15, 0.2) is 0 Å². The summed E-state index contributed by atoms with van der Waals surface area (Å²) in [7, 11) is 1.95. The Morgan fingerprint density at radius 3 is 2.73 bits per heavy atom. The molecule has 118 valence electrons. The van der Waals surface area contributed by atoms with E-state index in [2.05, 4.69) is 32.0 Å². The van der Waals surface area contributed by atoms with Gasteiger partial charge in [-0.15, -0.1) is 0 Å². The summed E-state index contributed by atoms with van der Waals surface area (Å²) in [5.41, 5.74) is 0.952. The van der Waals surface area contributed by atoms with Crippen LogP contribution in [0.4, 0.5) is 0 Å². The Kier molecular flexibility index (Phi) is 3.86. The molecule has 4 rings (SSSR count). The van der Waals surface area contributed by atoms with E-state index in [9.17, 15) is 0 Å². The third kappa shape index (κ3) is 2.65. The summed E-state index contributed by atoms with van der Waals surface area (Å²) < 4.78 is 9.13. The van der Waals surface area contributed by atoms with Crippen LogP contribution >= 0.6 is 15.9 Å². The molecule has 2 aromatic rings. The molecule has 0 amide bonds. The van der Waals surface area contributed by atoms with Gasteiger partial charge in [-0.1, -0.05) is 35.2 Å². The highest BCUT2D eigenvalue weighted by molar-refractivity contribution is 9.10. The van der Waals surface area contributed by atoms with Gasteiger partial charge >= 0.3 is 0 Å². The molecular weight excluding hydrogens is 342 g/mol. The van der Waals surface area contributed by atoms with Crippen LogP contribution in [0.1, 0.15) is 32.1 Å². The molecule has 1 aromatic heterocycles. The molecule has 1 saturated carbocycles. The predicted molar refractivity (Wildman–Crippen MR) is 91.3 cm³/mol. The highest BCUT2D eigenvalue weighted by Crippen LogP contribution is 2.33. The first-order valence-electron chi connectivity index (χ1n) is 8.23. The summed E-state index contributed by atoms with van der Waals surface area (Å²) in [5, 5.41) is 5.66. The van der Waals surface area contributed by atoms with Crippen molar-refractivity contribution in [2.75, 3.05) is 13.1 Å². The van der Waals surface area contributed by atoms with Gasteiger partial charge in [0.1, 0.15) is 17.4 Å². The highest BCUT2D eigenvalue weighted by atomic mass is 79.9. The van der Waals surface area contributed by atoms with Crippen molar-refractivity contribution in [1.29, 1.82) is 0 Å². The van der Waals surface area contributed by atoms with Crippen LogP contribution in [0.15, 0.2) is 22.8 Å². The average Bonchev–Trinajstić information content (AvgIpc) is 2.88. The first kappa shape index (κ1) is 14.5. The number of benzene rings is 1. The first-order chi connectivity index (χ1) is 10.7. The van der Waals surface area contributed by atoms with Crippen molar-refractivity contribution in [3.63, 3.8) is 0 Å². The molecule has 4 nitrogen and oxygen atoms in total. The molecule has 5 heteroatoms. The third-order valence-corrected chi connectivity index (χ3v) is 5.65. The summed E-state index contributed by atoms with van der Waals surface area (Å²) in [6, 6.07) is 4.88. The topological polar surface area (TPSA) is 30.3 Å². The molecule has 0 radical (unpaired) electrons. The van der Waals surface area contributed by atoms with E-state index in [1.165, 1.54) is 32.1 Å². The van der Waals surface area contributed by atoms with Crippen molar-refractivity contribution in [1.82, 2.24) is 14.7 Å². The maximum absolute atomic E-state index is 6.21. The summed E-state index contributed by atoms with van der Waals surface area (Å²) in [6.45, 7) is 2.13. The summed E-state index contributed by atoms with van der Waals surface area (Å²) >= 11 is 3.59.